The highest BCUT2D eigenvalue weighted by Crippen LogP contribution is 2.19. The molecule has 28 heavy (non-hydrogen) atoms. The molecule has 0 aliphatic rings. The molecule has 0 unspecified atom stereocenters. The zero-order valence-corrected chi connectivity index (χ0v) is 15.3. The first kappa shape index (κ1) is 17.6. The highest BCUT2D eigenvalue weighted by molar-refractivity contribution is 6.05. The molecule has 0 spiro atoms. The first-order valence-electron chi connectivity index (χ1n) is 8.89. The summed E-state index contributed by atoms with van der Waals surface area (Å²) in [5.74, 6) is 0.373. The number of ether oxygens (including phenoxy) is 1. The Hall–Kier alpha value is -3.80. The number of amides is 1. The first-order chi connectivity index (χ1) is 13.6. The van der Waals surface area contributed by atoms with E-state index in [1.54, 1.807) is 36.4 Å². The van der Waals surface area contributed by atoms with E-state index in [9.17, 15) is 9.59 Å². The zero-order valence-electron chi connectivity index (χ0n) is 15.3. The van der Waals surface area contributed by atoms with Gasteiger partial charge in [-0.2, -0.15) is 0 Å². The lowest BCUT2D eigenvalue weighted by molar-refractivity contribution is 0.102. The van der Waals surface area contributed by atoms with Crippen LogP contribution in [0.1, 0.15) is 21.5 Å². The van der Waals surface area contributed by atoms with Gasteiger partial charge >= 0.3 is 5.69 Å². The van der Waals surface area contributed by atoms with Crippen molar-refractivity contribution in [1.29, 1.82) is 0 Å². The highest BCUT2D eigenvalue weighted by atomic mass is 16.5. The third-order valence-corrected chi connectivity index (χ3v) is 4.36. The summed E-state index contributed by atoms with van der Waals surface area (Å²) in [5.41, 5.74) is 4.38. The van der Waals surface area contributed by atoms with Crippen LogP contribution in [0.5, 0.6) is 5.75 Å². The molecule has 140 valence electrons. The van der Waals surface area contributed by atoms with Crippen LogP contribution in [-0.4, -0.2) is 15.9 Å². The van der Waals surface area contributed by atoms with Crippen molar-refractivity contribution in [2.75, 3.05) is 5.32 Å². The number of fused-ring (bicyclic) bond motifs is 1. The molecule has 1 aromatic heterocycles. The molecule has 3 aromatic carbocycles. The molecule has 0 aliphatic carbocycles. The van der Waals surface area contributed by atoms with E-state index < -0.39 is 0 Å². The summed E-state index contributed by atoms with van der Waals surface area (Å²) >= 11 is 0. The van der Waals surface area contributed by atoms with Crippen LogP contribution >= 0.6 is 0 Å². The summed E-state index contributed by atoms with van der Waals surface area (Å²) in [5, 5.41) is 2.84. The molecule has 0 saturated heterocycles. The maximum atomic E-state index is 12.6. The standard InChI is InChI=1S/C22H19N3O3/c1-14-4-2-5-15(10-14)13-28-18-7-3-6-16(11-18)21(26)23-17-8-9-19-20(12-17)25-22(27)24-19/h2-12H,13H2,1H3,(H,23,26)(H2,24,25,27). The van der Waals surface area contributed by atoms with Gasteiger partial charge in [0.15, 0.2) is 0 Å². The molecule has 0 saturated carbocycles. The summed E-state index contributed by atoms with van der Waals surface area (Å²) in [4.78, 5) is 29.3. The van der Waals surface area contributed by atoms with Gasteiger partial charge in [0.2, 0.25) is 0 Å². The molecular formula is C22H19N3O3. The molecule has 1 heterocycles. The van der Waals surface area contributed by atoms with Gasteiger partial charge in [0, 0.05) is 11.3 Å². The average Bonchev–Trinajstić information content (AvgIpc) is 3.06. The van der Waals surface area contributed by atoms with Crippen molar-refractivity contribution < 1.29 is 9.53 Å². The summed E-state index contributed by atoms with van der Waals surface area (Å²) in [6, 6.07) is 20.3. The number of carbonyl (C=O) groups excluding carboxylic acids is 1. The Bertz CT molecular complexity index is 1210. The van der Waals surface area contributed by atoms with Crippen molar-refractivity contribution in [1.82, 2.24) is 9.97 Å². The fourth-order valence-corrected chi connectivity index (χ4v) is 3.01. The number of aromatic amines is 2. The molecule has 1 amide bonds. The lowest BCUT2D eigenvalue weighted by Crippen LogP contribution is -2.12. The van der Waals surface area contributed by atoms with Crippen molar-refractivity contribution in [2.45, 2.75) is 13.5 Å². The SMILES string of the molecule is Cc1cccc(COc2cccc(C(=O)Nc3ccc4[nH]c(=O)[nH]c4c3)c2)c1. The van der Waals surface area contributed by atoms with Crippen LogP contribution in [0.3, 0.4) is 0 Å². The molecule has 0 radical (unpaired) electrons. The van der Waals surface area contributed by atoms with Crippen LogP contribution in [0, 0.1) is 6.92 Å². The number of benzene rings is 3. The fraction of sp³-hybridized carbons (Fsp3) is 0.0909. The molecule has 4 aromatic rings. The largest absolute Gasteiger partial charge is 0.489 e. The number of hydrogen-bond acceptors (Lipinski definition) is 3. The topological polar surface area (TPSA) is 87.0 Å². The second-order valence-corrected chi connectivity index (χ2v) is 6.60. The van der Waals surface area contributed by atoms with Crippen LogP contribution in [0.4, 0.5) is 5.69 Å². The Morgan fingerprint density at radius 3 is 2.64 bits per heavy atom. The van der Waals surface area contributed by atoms with Crippen molar-refractivity contribution >= 4 is 22.6 Å². The summed E-state index contributed by atoms with van der Waals surface area (Å²) in [6.45, 7) is 2.47. The second-order valence-electron chi connectivity index (χ2n) is 6.60. The van der Waals surface area contributed by atoms with Gasteiger partial charge < -0.3 is 20.0 Å². The number of imidazole rings is 1. The fourth-order valence-electron chi connectivity index (χ4n) is 3.01. The maximum Gasteiger partial charge on any atom is 0.323 e. The van der Waals surface area contributed by atoms with Gasteiger partial charge in [0.1, 0.15) is 12.4 Å². The van der Waals surface area contributed by atoms with E-state index in [1.165, 1.54) is 5.56 Å². The quantitative estimate of drug-likeness (QED) is 0.494. The highest BCUT2D eigenvalue weighted by Gasteiger charge is 2.09. The molecular weight excluding hydrogens is 354 g/mol. The smallest absolute Gasteiger partial charge is 0.323 e. The lowest BCUT2D eigenvalue weighted by Gasteiger charge is -2.09. The summed E-state index contributed by atoms with van der Waals surface area (Å²) < 4.78 is 5.82. The van der Waals surface area contributed by atoms with E-state index in [2.05, 4.69) is 21.4 Å². The van der Waals surface area contributed by atoms with E-state index in [0.29, 0.717) is 34.6 Å². The molecule has 0 aliphatic heterocycles. The molecule has 3 N–H and O–H groups in total. The van der Waals surface area contributed by atoms with Gasteiger partial charge in [-0.05, 0) is 48.9 Å². The van der Waals surface area contributed by atoms with Crippen LogP contribution in [0.15, 0.2) is 71.5 Å². The monoisotopic (exact) mass is 373 g/mol. The van der Waals surface area contributed by atoms with Crippen molar-refractivity contribution in [3.63, 3.8) is 0 Å². The third-order valence-electron chi connectivity index (χ3n) is 4.36. The van der Waals surface area contributed by atoms with Gasteiger partial charge in [-0.3, -0.25) is 4.79 Å². The molecule has 4 rings (SSSR count). The molecule has 6 heteroatoms. The van der Waals surface area contributed by atoms with Crippen LogP contribution in [0.2, 0.25) is 0 Å². The average molecular weight is 373 g/mol. The van der Waals surface area contributed by atoms with Crippen LogP contribution in [-0.2, 0) is 6.61 Å². The van der Waals surface area contributed by atoms with E-state index in [1.807, 2.05) is 31.2 Å². The third kappa shape index (κ3) is 3.96. The number of anilines is 1. The number of carbonyl (C=O) groups is 1. The van der Waals surface area contributed by atoms with E-state index in [4.69, 9.17) is 4.74 Å². The van der Waals surface area contributed by atoms with Crippen LogP contribution < -0.4 is 15.7 Å². The minimum Gasteiger partial charge on any atom is -0.489 e. The number of aryl methyl sites for hydroxylation is 1. The predicted octanol–water partition coefficient (Wildman–Crippen LogP) is 4.00. The summed E-state index contributed by atoms with van der Waals surface area (Å²) in [6.07, 6.45) is 0. The number of rotatable bonds is 5. The maximum absolute atomic E-state index is 12.6. The Morgan fingerprint density at radius 2 is 1.79 bits per heavy atom. The molecule has 0 atom stereocenters. The number of H-pyrrole nitrogens is 2. The van der Waals surface area contributed by atoms with E-state index >= 15 is 0 Å². The predicted molar refractivity (Wildman–Crippen MR) is 109 cm³/mol. The van der Waals surface area contributed by atoms with Gasteiger partial charge in [0.25, 0.3) is 5.91 Å². The number of nitrogens with one attached hydrogen (secondary N) is 3. The lowest BCUT2D eigenvalue weighted by atomic mass is 10.1. The summed E-state index contributed by atoms with van der Waals surface area (Å²) in [7, 11) is 0. The first-order valence-corrected chi connectivity index (χ1v) is 8.89. The van der Waals surface area contributed by atoms with Gasteiger partial charge in [-0.15, -0.1) is 0 Å². The zero-order chi connectivity index (χ0) is 19.5. The van der Waals surface area contributed by atoms with Crippen molar-refractivity contribution in [2.24, 2.45) is 0 Å². The number of hydrogen-bond donors (Lipinski definition) is 3. The molecule has 6 nitrogen and oxygen atoms in total. The number of aromatic nitrogens is 2. The Kier molecular flexibility index (Phi) is 4.68. The second kappa shape index (κ2) is 7.44. The van der Waals surface area contributed by atoms with E-state index in [-0.39, 0.29) is 11.6 Å². The van der Waals surface area contributed by atoms with Gasteiger partial charge in [-0.25, -0.2) is 4.79 Å². The van der Waals surface area contributed by atoms with Gasteiger partial charge in [-0.1, -0.05) is 35.9 Å². The van der Waals surface area contributed by atoms with E-state index in [0.717, 1.165) is 5.56 Å². The Morgan fingerprint density at radius 1 is 0.964 bits per heavy atom. The van der Waals surface area contributed by atoms with Crippen LogP contribution in [0.25, 0.3) is 11.0 Å². The Labute approximate surface area is 161 Å². The normalized spacial score (nSPS) is 10.8. The van der Waals surface area contributed by atoms with Crippen molar-refractivity contribution in [3.8, 4) is 5.75 Å². The minimum absolute atomic E-state index is 0.252. The van der Waals surface area contributed by atoms with Crippen molar-refractivity contribution in [3.05, 3.63) is 93.9 Å². The van der Waals surface area contributed by atoms with Gasteiger partial charge in [0.05, 0.1) is 11.0 Å². The molecule has 0 bridgehead atoms. The minimum atomic E-state index is -0.281. The Balaban J connectivity index is 1.46. The molecule has 0 fully saturated rings.